The summed E-state index contributed by atoms with van der Waals surface area (Å²) in [6.07, 6.45) is 0.566. The summed E-state index contributed by atoms with van der Waals surface area (Å²) < 4.78 is 18.2. The number of fused-ring (bicyclic) bond motifs is 2. The van der Waals surface area contributed by atoms with Gasteiger partial charge in [-0.05, 0) is 44.5 Å². The lowest BCUT2D eigenvalue weighted by atomic mass is 9.90. The number of rotatable bonds is 3. The number of carbonyl (C=O) groups excluding carboxylic acids is 1. The average molecular weight is 343 g/mol. The minimum atomic E-state index is -1.33. The second kappa shape index (κ2) is 6.24. The van der Waals surface area contributed by atoms with Crippen LogP contribution in [0.5, 0.6) is 0 Å². The van der Waals surface area contributed by atoms with E-state index in [1.165, 1.54) is 0 Å². The van der Waals surface area contributed by atoms with E-state index in [2.05, 4.69) is 0 Å². The quantitative estimate of drug-likeness (QED) is 0.686. The van der Waals surface area contributed by atoms with E-state index in [1.807, 2.05) is 44.2 Å². The van der Waals surface area contributed by atoms with E-state index in [0.29, 0.717) is 23.5 Å². The number of ether oxygens (including phenoxy) is 1. The molecular weight excluding hydrogens is 322 g/mol. The zero-order valence-electron chi connectivity index (χ0n) is 14.1. The van der Waals surface area contributed by atoms with Crippen molar-refractivity contribution in [2.75, 3.05) is 6.61 Å². The van der Waals surface area contributed by atoms with E-state index in [4.69, 9.17) is 10.5 Å². The van der Waals surface area contributed by atoms with Crippen molar-refractivity contribution in [3.8, 4) is 0 Å². The molecule has 4 nitrogen and oxygen atoms in total. The third-order valence-electron chi connectivity index (χ3n) is 4.19. The first kappa shape index (κ1) is 17.0. The fourth-order valence-corrected chi connectivity index (χ4v) is 4.35. The van der Waals surface area contributed by atoms with Crippen LogP contribution in [-0.2, 0) is 27.9 Å². The van der Waals surface area contributed by atoms with Gasteiger partial charge >= 0.3 is 5.97 Å². The first-order valence-electron chi connectivity index (χ1n) is 7.96. The van der Waals surface area contributed by atoms with Crippen LogP contribution in [0.15, 0.2) is 46.2 Å². The van der Waals surface area contributed by atoms with Crippen LogP contribution in [0.3, 0.4) is 0 Å². The third kappa shape index (κ3) is 2.95. The predicted octanol–water partition coefficient (Wildman–Crippen LogP) is 3.13. The SMILES string of the molecule is CCOC(=O)c1cc(C(C)(C)N)cc2c1Cc1ccccc1[S+]2[O-]. The van der Waals surface area contributed by atoms with Gasteiger partial charge in [-0.3, -0.25) is 0 Å². The van der Waals surface area contributed by atoms with Gasteiger partial charge < -0.3 is 15.0 Å². The summed E-state index contributed by atoms with van der Waals surface area (Å²) in [5.41, 5.74) is 8.58. The number of benzene rings is 2. The van der Waals surface area contributed by atoms with E-state index < -0.39 is 22.7 Å². The zero-order valence-corrected chi connectivity index (χ0v) is 14.9. The van der Waals surface area contributed by atoms with Crippen molar-refractivity contribution < 1.29 is 14.1 Å². The summed E-state index contributed by atoms with van der Waals surface area (Å²) in [5, 5.41) is 0. The Morgan fingerprint density at radius 1 is 1.29 bits per heavy atom. The summed E-state index contributed by atoms with van der Waals surface area (Å²) in [4.78, 5) is 13.9. The molecule has 5 heteroatoms. The maximum absolute atomic E-state index is 13.0. The van der Waals surface area contributed by atoms with Crippen molar-refractivity contribution in [1.29, 1.82) is 0 Å². The minimum absolute atomic E-state index is 0.295. The molecule has 1 heterocycles. The summed E-state index contributed by atoms with van der Waals surface area (Å²) in [6, 6.07) is 11.3. The Bertz CT molecular complexity index is 796. The molecule has 2 aromatic rings. The second-order valence-electron chi connectivity index (χ2n) is 6.50. The summed E-state index contributed by atoms with van der Waals surface area (Å²) >= 11 is -1.33. The van der Waals surface area contributed by atoms with Crippen LogP contribution in [0, 0.1) is 0 Å². The first-order chi connectivity index (χ1) is 11.3. The van der Waals surface area contributed by atoms with E-state index in [1.54, 1.807) is 13.0 Å². The molecule has 126 valence electrons. The van der Waals surface area contributed by atoms with E-state index in [0.717, 1.165) is 21.6 Å². The van der Waals surface area contributed by atoms with Crippen molar-refractivity contribution in [3.63, 3.8) is 0 Å². The lowest BCUT2D eigenvalue weighted by molar-refractivity contribution is 0.0524. The van der Waals surface area contributed by atoms with Crippen molar-refractivity contribution >= 4 is 17.1 Å². The minimum Gasteiger partial charge on any atom is -0.606 e. The number of hydrogen-bond acceptors (Lipinski definition) is 4. The lowest BCUT2D eigenvalue weighted by Gasteiger charge is -2.27. The molecule has 0 radical (unpaired) electrons. The molecule has 24 heavy (non-hydrogen) atoms. The highest BCUT2D eigenvalue weighted by Gasteiger charge is 2.34. The van der Waals surface area contributed by atoms with Gasteiger partial charge in [0.25, 0.3) is 0 Å². The first-order valence-corrected chi connectivity index (χ1v) is 9.11. The summed E-state index contributed by atoms with van der Waals surface area (Å²) in [5.74, 6) is -0.392. The van der Waals surface area contributed by atoms with Crippen LogP contribution in [0.25, 0.3) is 0 Å². The fraction of sp³-hybridized carbons (Fsp3) is 0.316. The smallest absolute Gasteiger partial charge is 0.338 e. The maximum Gasteiger partial charge on any atom is 0.338 e. The van der Waals surface area contributed by atoms with E-state index in [9.17, 15) is 9.35 Å². The molecule has 0 aromatic heterocycles. The Kier molecular flexibility index (Phi) is 4.42. The van der Waals surface area contributed by atoms with Crippen LogP contribution >= 0.6 is 0 Å². The number of carbonyl (C=O) groups is 1. The molecule has 0 saturated heterocycles. The molecule has 0 bridgehead atoms. The second-order valence-corrected chi connectivity index (χ2v) is 7.91. The van der Waals surface area contributed by atoms with Crippen LogP contribution in [0.2, 0.25) is 0 Å². The average Bonchev–Trinajstić information content (AvgIpc) is 2.53. The van der Waals surface area contributed by atoms with Gasteiger partial charge in [0.2, 0.25) is 0 Å². The third-order valence-corrected chi connectivity index (χ3v) is 5.75. The van der Waals surface area contributed by atoms with Gasteiger partial charge in [-0.2, -0.15) is 0 Å². The molecule has 1 aliphatic rings. The fourth-order valence-electron chi connectivity index (χ4n) is 2.90. The summed E-state index contributed by atoms with van der Waals surface area (Å²) in [7, 11) is 0. The predicted molar refractivity (Wildman–Crippen MR) is 93.5 cm³/mol. The Morgan fingerprint density at radius 3 is 2.67 bits per heavy atom. The van der Waals surface area contributed by atoms with Crippen molar-refractivity contribution in [1.82, 2.24) is 0 Å². The van der Waals surface area contributed by atoms with Crippen molar-refractivity contribution in [2.45, 2.75) is 42.5 Å². The van der Waals surface area contributed by atoms with Crippen LogP contribution in [-0.4, -0.2) is 17.1 Å². The highest BCUT2D eigenvalue weighted by atomic mass is 32.2. The summed E-state index contributed by atoms with van der Waals surface area (Å²) in [6.45, 7) is 5.80. The number of esters is 1. The normalized spacial score (nSPS) is 16.3. The molecule has 0 spiro atoms. The Hall–Kier alpha value is -1.82. The van der Waals surface area contributed by atoms with Gasteiger partial charge in [0, 0.05) is 34.3 Å². The standard InChI is InChI=1S/C19H21NO3S/c1-4-23-18(21)15-10-13(19(2,3)20)11-17-14(15)9-12-7-5-6-8-16(12)24(17)22/h5-8,10-11H,4,9,20H2,1-3H3. The molecule has 3 rings (SSSR count). The maximum atomic E-state index is 13.0. The highest BCUT2D eigenvalue weighted by Crippen LogP contribution is 2.38. The molecule has 0 aliphatic carbocycles. The van der Waals surface area contributed by atoms with Gasteiger partial charge in [-0.15, -0.1) is 0 Å². The Labute approximate surface area is 145 Å². The molecule has 2 N–H and O–H groups in total. The van der Waals surface area contributed by atoms with Gasteiger partial charge in [-0.1, -0.05) is 18.2 Å². The van der Waals surface area contributed by atoms with Crippen LogP contribution < -0.4 is 5.73 Å². The molecule has 0 amide bonds. The van der Waals surface area contributed by atoms with E-state index in [-0.39, 0.29) is 0 Å². The monoisotopic (exact) mass is 343 g/mol. The zero-order chi connectivity index (χ0) is 17.5. The van der Waals surface area contributed by atoms with Gasteiger partial charge in [0.05, 0.1) is 12.2 Å². The van der Waals surface area contributed by atoms with Gasteiger partial charge in [-0.25, -0.2) is 4.79 Å². The molecule has 1 aliphatic heterocycles. The Morgan fingerprint density at radius 2 is 2.00 bits per heavy atom. The molecule has 1 unspecified atom stereocenters. The Balaban J connectivity index is 2.21. The van der Waals surface area contributed by atoms with Crippen molar-refractivity contribution in [3.05, 3.63) is 58.7 Å². The molecule has 0 saturated carbocycles. The highest BCUT2D eigenvalue weighted by molar-refractivity contribution is 7.91. The van der Waals surface area contributed by atoms with Crippen molar-refractivity contribution in [2.24, 2.45) is 5.73 Å². The van der Waals surface area contributed by atoms with E-state index >= 15 is 0 Å². The number of hydrogen-bond donors (Lipinski definition) is 1. The largest absolute Gasteiger partial charge is 0.606 e. The molecule has 1 atom stereocenters. The van der Waals surface area contributed by atoms with Crippen LogP contribution in [0.4, 0.5) is 0 Å². The number of nitrogens with two attached hydrogens (primary N) is 1. The molecule has 2 aromatic carbocycles. The van der Waals surface area contributed by atoms with Crippen LogP contribution in [0.1, 0.15) is 47.8 Å². The molecular formula is C19H21NO3S. The molecule has 0 fully saturated rings. The lowest BCUT2D eigenvalue weighted by Crippen LogP contribution is -2.30. The van der Waals surface area contributed by atoms with Gasteiger partial charge in [0.15, 0.2) is 9.79 Å². The van der Waals surface area contributed by atoms with Gasteiger partial charge in [0.1, 0.15) is 0 Å². The topological polar surface area (TPSA) is 75.4 Å².